The maximum absolute atomic E-state index is 15.7. The number of imidazole rings is 1. The second kappa shape index (κ2) is 33.9. The molecule has 8 heterocycles. The van der Waals surface area contributed by atoms with E-state index in [1.54, 1.807) is 76.3 Å². The average molecular weight is 1550 g/mol. The number of fused-ring (bicyclic) bond motifs is 2. The number of aryl methyl sites for hydroxylation is 2. The predicted molar refractivity (Wildman–Crippen MR) is 425 cm³/mol. The number of thiazole rings is 1. The normalized spacial score (nSPS) is 20.0. The number of aromatic amines is 1. The number of aliphatic hydroxyl groups is 1. The van der Waals surface area contributed by atoms with Crippen LogP contribution >= 0.6 is 11.3 Å². The van der Waals surface area contributed by atoms with Crippen molar-refractivity contribution in [2.75, 3.05) is 19.6 Å². The number of ether oxygens (including phenoxy) is 2. The molecule has 6 N–H and O–H groups in total. The summed E-state index contributed by atoms with van der Waals surface area (Å²) in [5, 5.41) is 34.3. The highest BCUT2D eigenvalue weighted by atomic mass is 32.1. The third-order valence-corrected chi connectivity index (χ3v) is 23.7. The highest BCUT2D eigenvalue weighted by molar-refractivity contribution is 7.13. The predicted octanol–water partition coefficient (Wildman–Crippen LogP) is 9.34. The lowest BCUT2D eigenvalue weighted by molar-refractivity contribution is -0.143. The minimum Gasteiger partial charge on any atom is -0.488 e. The largest absolute Gasteiger partial charge is 0.488 e. The van der Waals surface area contributed by atoms with Crippen LogP contribution in [0.1, 0.15) is 140 Å². The first kappa shape index (κ1) is 78.3. The molecule has 26 nitrogen and oxygen atoms in total. The zero-order valence-corrected chi connectivity index (χ0v) is 65.8. The van der Waals surface area contributed by atoms with E-state index in [4.69, 9.17) is 9.47 Å². The molecule has 0 spiro atoms. The Morgan fingerprint density at radius 2 is 1.08 bits per heavy atom. The van der Waals surface area contributed by atoms with Crippen molar-refractivity contribution in [2.24, 2.45) is 24.8 Å². The van der Waals surface area contributed by atoms with Crippen LogP contribution in [-0.2, 0) is 68.5 Å². The van der Waals surface area contributed by atoms with Crippen LogP contribution in [0.3, 0.4) is 0 Å². The lowest BCUT2D eigenvalue weighted by Gasteiger charge is -2.35. The number of rotatable bonds is 28. The van der Waals surface area contributed by atoms with E-state index in [2.05, 4.69) is 46.6 Å². The number of aromatic nitrogens is 6. The number of nitrogens with zero attached hydrogens (tertiary/aromatic N) is 10. The maximum atomic E-state index is 15.7. The van der Waals surface area contributed by atoms with Crippen molar-refractivity contribution < 1.29 is 52.9 Å². The summed E-state index contributed by atoms with van der Waals surface area (Å²) >= 11 is 1.57. The standard InChI is InChI=1S/C86H97N15O11S/c1-10-51(6)75(93-52(7)57-14-12-11-13-15-57)84(108)98-45-66(35-72(98)80(104)89-39-56-20-26-60(27-21-56)78-53(8)91-48-113-78)111-64-30-28-62-43-101(83(107)69(62)33-64)77(50(4)5)86(110)99-46-67(36-73(99)81(105)90-37-54-16-22-58(23-17-54)70-40-92-95-94-70)112-65-31-29-61-42-100(82(106)68(61)34-65)76(49(2)3)85(109)97-44-63(102)32-71(97)79(103)88-38-55-18-24-59(25-19-55)74-41-87-47-96(74)9/h11-31,33-34,40-41,47-52,63,66-67,71-73,75-77,93,102H,10,32,35-39,42-46H2,1-9H3,(H,88,103)(H,89,104)(H,90,105)(H,92,94,95)/t51-,52?,63+,66+,67+,71-,72-,73-,75-,76-,77-/m0/s1. The number of aliphatic hydroxyl groups excluding tert-OH is 1. The van der Waals surface area contributed by atoms with Gasteiger partial charge in [0.2, 0.25) is 35.4 Å². The fourth-order valence-electron chi connectivity index (χ4n) is 16.4. The van der Waals surface area contributed by atoms with Crippen LogP contribution in [0.4, 0.5) is 0 Å². The molecule has 5 aliphatic rings. The summed E-state index contributed by atoms with van der Waals surface area (Å²) < 4.78 is 15.4. The summed E-state index contributed by atoms with van der Waals surface area (Å²) in [7, 11) is 1.91. The van der Waals surface area contributed by atoms with E-state index in [0.29, 0.717) is 40.2 Å². The lowest BCUT2D eigenvalue weighted by Crippen LogP contribution is -2.55. The van der Waals surface area contributed by atoms with Gasteiger partial charge in [0.15, 0.2) is 0 Å². The molecule has 588 valence electrons. The van der Waals surface area contributed by atoms with Crippen molar-refractivity contribution in [1.82, 2.24) is 75.7 Å². The number of carbonyl (C=O) groups is 8. The molecule has 1 unspecified atom stereocenters. The van der Waals surface area contributed by atoms with Crippen molar-refractivity contribution >= 4 is 58.6 Å². The molecule has 5 aliphatic heterocycles. The minimum absolute atomic E-state index is 0.0303. The first-order chi connectivity index (χ1) is 54.5. The van der Waals surface area contributed by atoms with Crippen molar-refractivity contribution in [3.8, 4) is 44.5 Å². The monoisotopic (exact) mass is 1550 g/mol. The summed E-state index contributed by atoms with van der Waals surface area (Å²) in [6, 6.07) is 37.7. The number of amides is 8. The average Bonchev–Trinajstić information content (AvgIpc) is 1.62. The van der Waals surface area contributed by atoms with Crippen LogP contribution in [0, 0.1) is 24.7 Å². The Bertz CT molecular complexity index is 4960. The quantitative estimate of drug-likeness (QED) is 0.0266. The number of hydrogen-bond acceptors (Lipinski definition) is 17. The number of β-amino-alcohol motifs (C(OH)–C–C–N with tert-alkyl or cyclic N) is 1. The van der Waals surface area contributed by atoms with Gasteiger partial charge in [0.25, 0.3) is 11.8 Å². The summed E-state index contributed by atoms with van der Waals surface area (Å²) in [6.45, 7) is 16.1. The van der Waals surface area contributed by atoms with Gasteiger partial charge in [-0.15, -0.1) is 16.4 Å². The molecule has 0 saturated carbocycles. The van der Waals surface area contributed by atoms with Crippen LogP contribution in [-0.4, -0.2) is 181 Å². The van der Waals surface area contributed by atoms with E-state index >= 15 is 14.4 Å². The Balaban J connectivity index is 0.665. The Morgan fingerprint density at radius 1 is 0.593 bits per heavy atom. The summed E-state index contributed by atoms with van der Waals surface area (Å²) in [5.41, 5.74) is 12.7. The lowest BCUT2D eigenvalue weighted by atomic mass is 9.95. The molecule has 11 atom stereocenters. The molecule has 8 amide bonds. The fraction of sp³-hybridized carbons (Fsp3) is 0.395. The number of carbonyl (C=O) groups excluding carboxylic acids is 8. The van der Waals surface area contributed by atoms with Crippen molar-refractivity contribution in [2.45, 2.75) is 174 Å². The van der Waals surface area contributed by atoms with E-state index in [1.165, 1.54) is 14.7 Å². The Labute approximate surface area is 661 Å². The summed E-state index contributed by atoms with van der Waals surface area (Å²) in [4.78, 5) is 136. The molecule has 0 radical (unpaired) electrons. The first-order valence-electron chi connectivity index (χ1n) is 38.9. The number of H-pyrrole nitrogens is 1. The Hall–Kier alpha value is -11.4. The molecule has 3 aromatic heterocycles. The molecule has 0 bridgehead atoms. The molecule has 6 aromatic carbocycles. The minimum atomic E-state index is -1.06. The molecular formula is C86H97N15O11S. The third-order valence-electron chi connectivity index (χ3n) is 22.8. The van der Waals surface area contributed by atoms with E-state index in [1.807, 2.05) is 176 Å². The number of likely N-dealkylation sites (tertiary alicyclic amines) is 3. The molecular weight excluding hydrogens is 1450 g/mol. The molecule has 113 heavy (non-hydrogen) atoms. The summed E-state index contributed by atoms with van der Waals surface area (Å²) in [5.74, 6) is -3.48. The molecule has 3 fully saturated rings. The molecule has 0 aliphatic carbocycles. The number of hydrogen-bond donors (Lipinski definition) is 6. The zero-order chi connectivity index (χ0) is 79.5. The summed E-state index contributed by atoms with van der Waals surface area (Å²) in [6.07, 6.45) is 3.67. The first-order valence-corrected chi connectivity index (χ1v) is 39.8. The number of nitrogens with one attached hydrogen (secondary N) is 5. The van der Waals surface area contributed by atoms with Gasteiger partial charge in [-0.05, 0) is 100 Å². The van der Waals surface area contributed by atoms with Gasteiger partial charge in [0, 0.05) is 88.3 Å². The maximum Gasteiger partial charge on any atom is 0.255 e. The third kappa shape index (κ3) is 16.9. The van der Waals surface area contributed by atoms with Crippen molar-refractivity contribution in [3.63, 3.8) is 0 Å². The molecule has 3 saturated heterocycles. The Kier molecular flexibility index (Phi) is 23.5. The zero-order valence-electron chi connectivity index (χ0n) is 65.0. The van der Waals surface area contributed by atoms with E-state index in [9.17, 15) is 29.1 Å². The van der Waals surface area contributed by atoms with Crippen LogP contribution in [0.15, 0.2) is 164 Å². The van der Waals surface area contributed by atoms with E-state index in [0.717, 1.165) is 60.9 Å². The fourth-order valence-corrected chi connectivity index (χ4v) is 17.2. The SMILES string of the molecule is CC[C@H](C)[C@H](NC(C)c1ccccc1)C(=O)N1C[C@H](Oc2ccc3c(c2)C(=O)N([C@H](C(=O)N2C[C@H](Oc4ccc5c(c4)C(=O)N([C@H](C(=O)N4C[C@H](O)C[C@H]4C(=O)NCc4ccc(-c6cncn6C)cc4)C(C)C)C5)C[C@H]2C(=O)NCc2ccc(-c4cnn[nH]4)cc2)C(C)C)C3)C[C@H]1C(=O)NCc1ccc(-c2scnc2C)cc1. The van der Waals surface area contributed by atoms with Crippen molar-refractivity contribution in [3.05, 3.63) is 214 Å². The van der Waals surface area contributed by atoms with Gasteiger partial charge in [-0.2, -0.15) is 0 Å². The van der Waals surface area contributed by atoms with Gasteiger partial charge in [-0.3, -0.25) is 48.8 Å². The number of benzene rings is 6. The van der Waals surface area contributed by atoms with Crippen LogP contribution < -0.4 is 30.7 Å². The highest BCUT2D eigenvalue weighted by Gasteiger charge is 2.50. The van der Waals surface area contributed by atoms with Gasteiger partial charge in [-0.1, -0.05) is 168 Å². The van der Waals surface area contributed by atoms with Gasteiger partial charge in [-0.25, -0.2) is 9.97 Å². The van der Waals surface area contributed by atoms with Crippen molar-refractivity contribution in [1.29, 1.82) is 0 Å². The highest BCUT2D eigenvalue weighted by Crippen LogP contribution is 2.38. The molecule has 9 aromatic rings. The van der Waals surface area contributed by atoms with Gasteiger partial charge in [0.1, 0.15) is 53.9 Å². The van der Waals surface area contributed by atoms with Gasteiger partial charge in [0.05, 0.1) is 71.4 Å². The van der Waals surface area contributed by atoms with Crippen LogP contribution in [0.5, 0.6) is 11.5 Å². The van der Waals surface area contributed by atoms with Crippen LogP contribution in [0.25, 0.3) is 33.0 Å². The molecule has 14 rings (SSSR count). The Morgan fingerprint density at radius 3 is 1.54 bits per heavy atom. The van der Waals surface area contributed by atoms with Crippen LogP contribution in [0.2, 0.25) is 0 Å². The molecule has 27 heteroatoms. The second-order valence-electron chi connectivity index (χ2n) is 31.2. The smallest absolute Gasteiger partial charge is 0.255 e. The van der Waals surface area contributed by atoms with E-state index < -0.39 is 102 Å². The van der Waals surface area contributed by atoms with Gasteiger partial charge >= 0.3 is 0 Å². The topological polar surface area (TPSA) is 312 Å². The van der Waals surface area contributed by atoms with E-state index in [-0.39, 0.29) is 95.4 Å². The van der Waals surface area contributed by atoms with Gasteiger partial charge < -0.3 is 59.6 Å². The second-order valence-corrected chi connectivity index (χ2v) is 32.0.